The number of rotatable bonds is 6. The van der Waals surface area contributed by atoms with Gasteiger partial charge in [-0.3, -0.25) is 4.79 Å². The van der Waals surface area contributed by atoms with Gasteiger partial charge in [0.2, 0.25) is 0 Å². The van der Waals surface area contributed by atoms with E-state index in [2.05, 4.69) is 16.0 Å². The summed E-state index contributed by atoms with van der Waals surface area (Å²) in [5.41, 5.74) is 3.49. The molecule has 1 amide bonds. The van der Waals surface area contributed by atoms with E-state index in [1.807, 2.05) is 31.4 Å². The first kappa shape index (κ1) is 19.4. The summed E-state index contributed by atoms with van der Waals surface area (Å²) in [7, 11) is -3.21. The quantitative estimate of drug-likeness (QED) is 0.686. The number of nitrogens with zero attached hydrogens (tertiary/aromatic N) is 1. The summed E-state index contributed by atoms with van der Waals surface area (Å²) in [4.78, 5) is 14.1. The first-order chi connectivity index (χ1) is 12.8. The minimum absolute atomic E-state index is 0.132. The second kappa shape index (κ2) is 7.70. The number of carbonyl (C=O) groups excluding carboxylic acids is 1. The van der Waals surface area contributed by atoms with Crippen molar-refractivity contribution in [3.63, 3.8) is 0 Å². The third-order valence-corrected chi connectivity index (χ3v) is 6.51. The molecular formula is C20H22N2O3S2. The highest BCUT2D eigenvalue weighted by Crippen LogP contribution is 2.19. The van der Waals surface area contributed by atoms with Gasteiger partial charge in [0.25, 0.3) is 5.91 Å². The molecule has 0 spiro atoms. The number of aromatic nitrogens is 1. The summed E-state index contributed by atoms with van der Waals surface area (Å²) < 4.78 is 25.2. The van der Waals surface area contributed by atoms with Crippen molar-refractivity contribution < 1.29 is 13.2 Å². The fourth-order valence-corrected chi connectivity index (χ4v) is 4.29. The van der Waals surface area contributed by atoms with Gasteiger partial charge < -0.3 is 9.88 Å². The van der Waals surface area contributed by atoms with E-state index in [1.54, 1.807) is 35.6 Å². The van der Waals surface area contributed by atoms with Crippen LogP contribution in [0.15, 0.2) is 52.7 Å². The lowest BCUT2D eigenvalue weighted by Crippen LogP contribution is -2.23. The normalized spacial score (nSPS) is 11.5. The summed E-state index contributed by atoms with van der Waals surface area (Å²) in [6, 6.07) is 12.6. The lowest BCUT2D eigenvalue weighted by molar-refractivity contribution is 0.0950. The zero-order valence-electron chi connectivity index (χ0n) is 15.5. The Morgan fingerprint density at radius 2 is 1.85 bits per heavy atom. The molecule has 27 heavy (non-hydrogen) atoms. The van der Waals surface area contributed by atoms with E-state index < -0.39 is 9.84 Å². The van der Waals surface area contributed by atoms with Gasteiger partial charge in [0, 0.05) is 29.1 Å². The second-order valence-corrected chi connectivity index (χ2v) is 9.60. The maximum Gasteiger partial charge on any atom is 0.253 e. The monoisotopic (exact) mass is 402 g/mol. The predicted molar refractivity (Wildman–Crippen MR) is 108 cm³/mol. The van der Waals surface area contributed by atoms with Gasteiger partial charge in [-0.05, 0) is 49.1 Å². The van der Waals surface area contributed by atoms with Crippen molar-refractivity contribution in [2.75, 3.05) is 6.26 Å². The maximum absolute atomic E-state index is 12.6. The molecular weight excluding hydrogens is 380 g/mol. The Kier molecular flexibility index (Phi) is 5.53. The molecule has 0 aliphatic heterocycles. The number of thiophene rings is 1. The average Bonchev–Trinajstić information content (AvgIpc) is 3.23. The van der Waals surface area contributed by atoms with Gasteiger partial charge in [0.1, 0.15) is 0 Å². The standard InChI is InChI=1S/C20H22N2O3S2/c1-14-11-19(15(2)22(14)13-17-5-4-10-26-17)20(23)21-12-16-6-8-18(9-7-16)27(3,24)25/h4-11H,12-13H2,1-3H3,(H,21,23). The molecule has 0 atom stereocenters. The van der Waals surface area contributed by atoms with Crippen LogP contribution >= 0.6 is 11.3 Å². The number of sulfone groups is 1. The van der Waals surface area contributed by atoms with Gasteiger partial charge >= 0.3 is 0 Å². The maximum atomic E-state index is 12.6. The summed E-state index contributed by atoms with van der Waals surface area (Å²) in [5, 5.41) is 4.96. The van der Waals surface area contributed by atoms with Crippen molar-refractivity contribution >= 4 is 27.1 Å². The molecule has 3 aromatic rings. The number of benzene rings is 1. The van der Waals surface area contributed by atoms with Gasteiger partial charge in [0.15, 0.2) is 9.84 Å². The Bertz CT molecular complexity index is 1050. The Morgan fingerprint density at radius 3 is 2.44 bits per heavy atom. The number of aryl methyl sites for hydroxylation is 1. The average molecular weight is 403 g/mol. The molecule has 1 N–H and O–H groups in total. The molecule has 3 rings (SSSR count). The van der Waals surface area contributed by atoms with Crippen LogP contribution < -0.4 is 5.32 Å². The van der Waals surface area contributed by atoms with E-state index in [-0.39, 0.29) is 10.8 Å². The first-order valence-corrected chi connectivity index (χ1v) is 11.3. The van der Waals surface area contributed by atoms with Crippen LogP contribution in [0.5, 0.6) is 0 Å². The number of nitrogens with one attached hydrogen (secondary N) is 1. The highest BCUT2D eigenvalue weighted by molar-refractivity contribution is 7.90. The molecule has 2 heterocycles. The van der Waals surface area contributed by atoms with E-state index in [9.17, 15) is 13.2 Å². The van der Waals surface area contributed by atoms with Crippen molar-refractivity contribution in [3.05, 3.63) is 75.2 Å². The van der Waals surface area contributed by atoms with Crippen LogP contribution in [-0.2, 0) is 22.9 Å². The molecule has 0 bridgehead atoms. The van der Waals surface area contributed by atoms with Crippen LogP contribution in [-0.4, -0.2) is 25.1 Å². The lowest BCUT2D eigenvalue weighted by Gasteiger charge is -2.09. The minimum Gasteiger partial charge on any atom is -0.348 e. The van der Waals surface area contributed by atoms with Crippen LogP contribution in [0.2, 0.25) is 0 Å². The van der Waals surface area contributed by atoms with E-state index >= 15 is 0 Å². The molecule has 0 unspecified atom stereocenters. The molecule has 0 fully saturated rings. The smallest absolute Gasteiger partial charge is 0.253 e. The molecule has 0 saturated heterocycles. The Balaban J connectivity index is 1.69. The predicted octanol–water partition coefficient (Wildman–Crippen LogP) is 3.55. The topological polar surface area (TPSA) is 68.2 Å². The first-order valence-electron chi connectivity index (χ1n) is 8.52. The molecule has 7 heteroatoms. The molecule has 2 aromatic heterocycles. The van der Waals surface area contributed by atoms with Crippen molar-refractivity contribution in [1.82, 2.24) is 9.88 Å². The van der Waals surface area contributed by atoms with Gasteiger partial charge in [-0.1, -0.05) is 18.2 Å². The Morgan fingerprint density at radius 1 is 1.15 bits per heavy atom. The Labute approximate surface area is 163 Å². The fourth-order valence-electron chi connectivity index (χ4n) is 2.96. The van der Waals surface area contributed by atoms with Crippen molar-refractivity contribution in [2.24, 2.45) is 0 Å². The summed E-state index contributed by atoms with van der Waals surface area (Å²) in [6.07, 6.45) is 1.18. The molecule has 0 radical (unpaired) electrons. The van der Waals surface area contributed by atoms with Crippen molar-refractivity contribution in [1.29, 1.82) is 0 Å². The molecule has 0 aliphatic rings. The van der Waals surface area contributed by atoms with E-state index in [1.165, 1.54) is 11.1 Å². The van der Waals surface area contributed by atoms with Crippen LogP contribution in [0, 0.1) is 13.8 Å². The molecule has 0 saturated carbocycles. The van der Waals surface area contributed by atoms with Gasteiger partial charge in [-0.15, -0.1) is 11.3 Å². The third-order valence-electron chi connectivity index (χ3n) is 4.52. The second-order valence-electron chi connectivity index (χ2n) is 6.55. The summed E-state index contributed by atoms with van der Waals surface area (Å²) in [5.74, 6) is -0.132. The molecule has 142 valence electrons. The highest BCUT2D eigenvalue weighted by Gasteiger charge is 2.16. The molecule has 5 nitrogen and oxygen atoms in total. The third kappa shape index (κ3) is 4.48. The van der Waals surface area contributed by atoms with Gasteiger partial charge in [-0.2, -0.15) is 0 Å². The van der Waals surface area contributed by atoms with Crippen LogP contribution in [0.1, 0.15) is 32.2 Å². The van der Waals surface area contributed by atoms with E-state index in [0.29, 0.717) is 12.1 Å². The SMILES string of the molecule is Cc1cc(C(=O)NCc2ccc(S(C)(=O)=O)cc2)c(C)n1Cc1cccs1. The number of amides is 1. The summed E-state index contributed by atoms with van der Waals surface area (Å²) >= 11 is 1.70. The van der Waals surface area contributed by atoms with E-state index in [0.717, 1.165) is 23.5 Å². The van der Waals surface area contributed by atoms with Crippen molar-refractivity contribution in [2.45, 2.75) is 31.8 Å². The minimum atomic E-state index is -3.21. The fraction of sp³-hybridized carbons (Fsp3) is 0.250. The zero-order chi connectivity index (χ0) is 19.6. The number of carbonyl (C=O) groups is 1. The van der Waals surface area contributed by atoms with Crippen LogP contribution in [0.3, 0.4) is 0 Å². The Hall–Kier alpha value is -2.38. The van der Waals surface area contributed by atoms with E-state index in [4.69, 9.17) is 0 Å². The molecule has 1 aromatic carbocycles. The van der Waals surface area contributed by atoms with Crippen LogP contribution in [0.25, 0.3) is 0 Å². The highest BCUT2D eigenvalue weighted by atomic mass is 32.2. The van der Waals surface area contributed by atoms with Gasteiger partial charge in [-0.25, -0.2) is 8.42 Å². The molecule has 0 aliphatic carbocycles. The van der Waals surface area contributed by atoms with Gasteiger partial charge in [0.05, 0.1) is 17.0 Å². The largest absolute Gasteiger partial charge is 0.348 e. The number of hydrogen-bond acceptors (Lipinski definition) is 4. The van der Waals surface area contributed by atoms with Crippen molar-refractivity contribution in [3.8, 4) is 0 Å². The zero-order valence-corrected chi connectivity index (χ0v) is 17.2. The summed E-state index contributed by atoms with van der Waals surface area (Å²) in [6.45, 7) is 5.06. The lowest BCUT2D eigenvalue weighted by atomic mass is 10.2. The number of hydrogen-bond donors (Lipinski definition) is 1. The van der Waals surface area contributed by atoms with Crippen LogP contribution in [0.4, 0.5) is 0 Å².